The van der Waals surface area contributed by atoms with Crippen LogP contribution >= 0.6 is 0 Å². The van der Waals surface area contributed by atoms with Gasteiger partial charge in [-0.2, -0.15) is 0 Å². The summed E-state index contributed by atoms with van der Waals surface area (Å²) >= 11 is 0. The molecular weight excluding hydrogens is 412 g/mol. The van der Waals surface area contributed by atoms with Gasteiger partial charge in [0.1, 0.15) is 6.54 Å². The van der Waals surface area contributed by atoms with Crippen molar-refractivity contribution in [3.63, 3.8) is 0 Å². The summed E-state index contributed by atoms with van der Waals surface area (Å²) in [6, 6.07) is 12.4. The summed E-state index contributed by atoms with van der Waals surface area (Å²) in [6.45, 7) is 4.67. The topological polar surface area (TPSA) is 103 Å². The quantitative estimate of drug-likeness (QED) is 0.411. The molecule has 2 N–H and O–H groups in total. The molecule has 2 rings (SSSR count). The summed E-state index contributed by atoms with van der Waals surface area (Å²) in [5.74, 6) is 0.194. The first-order valence-electron chi connectivity index (χ1n) is 10.3. The molecule has 2 aromatic carbocycles. The van der Waals surface area contributed by atoms with Crippen LogP contribution in [0.2, 0.25) is 0 Å². The number of anilines is 1. The molecule has 2 aromatic rings. The number of hydrogen-bond acceptors (Lipinski definition) is 6. The van der Waals surface area contributed by atoms with Gasteiger partial charge in [-0.1, -0.05) is 18.2 Å². The minimum atomic E-state index is -0.510. The van der Waals surface area contributed by atoms with Crippen LogP contribution in [-0.4, -0.2) is 44.7 Å². The number of hydrogen-bond donors (Lipinski definition) is 2. The maximum atomic E-state index is 12.2. The standard InChI is InChI=1S/C24H28N2O6/c1-4-31-20-12-8-17(14-21(20)32-5-2)9-13-22(27)26-19-10-6-18(7-11-19)15-23(28)25-16-24(29)30-3/h6-14H,4-5,15-16H2,1-3H3,(H,25,28)(H,26,27). The minimum absolute atomic E-state index is 0.116. The molecule has 2 amide bonds. The highest BCUT2D eigenvalue weighted by Crippen LogP contribution is 2.29. The highest BCUT2D eigenvalue weighted by Gasteiger charge is 2.08. The lowest BCUT2D eigenvalue weighted by Crippen LogP contribution is -2.31. The third-order valence-electron chi connectivity index (χ3n) is 4.24. The smallest absolute Gasteiger partial charge is 0.325 e. The number of esters is 1. The van der Waals surface area contributed by atoms with E-state index >= 15 is 0 Å². The molecule has 0 radical (unpaired) electrons. The SMILES string of the molecule is CCOc1ccc(C=CC(=O)Nc2ccc(CC(=O)NCC(=O)OC)cc2)cc1OCC. The Bertz CT molecular complexity index is 953. The summed E-state index contributed by atoms with van der Waals surface area (Å²) < 4.78 is 15.6. The van der Waals surface area contributed by atoms with Crippen molar-refractivity contribution in [2.75, 3.05) is 32.2 Å². The largest absolute Gasteiger partial charge is 0.490 e. The van der Waals surface area contributed by atoms with Crippen molar-refractivity contribution in [1.82, 2.24) is 5.32 Å². The van der Waals surface area contributed by atoms with E-state index in [1.54, 1.807) is 30.3 Å². The number of nitrogens with one attached hydrogen (secondary N) is 2. The second-order valence-corrected chi connectivity index (χ2v) is 6.62. The highest BCUT2D eigenvalue weighted by atomic mass is 16.5. The van der Waals surface area contributed by atoms with E-state index in [2.05, 4.69) is 15.4 Å². The van der Waals surface area contributed by atoms with E-state index in [1.807, 2.05) is 32.0 Å². The molecule has 0 bridgehead atoms. The molecular formula is C24H28N2O6. The predicted molar refractivity (Wildman–Crippen MR) is 122 cm³/mol. The number of benzene rings is 2. The Balaban J connectivity index is 1.91. The zero-order valence-corrected chi connectivity index (χ0v) is 18.5. The van der Waals surface area contributed by atoms with Gasteiger partial charge in [-0.25, -0.2) is 0 Å². The van der Waals surface area contributed by atoms with Gasteiger partial charge < -0.3 is 24.8 Å². The second-order valence-electron chi connectivity index (χ2n) is 6.62. The van der Waals surface area contributed by atoms with Gasteiger partial charge in [0.2, 0.25) is 11.8 Å². The molecule has 0 aromatic heterocycles. The molecule has 0 heterocycles. The van der Waals surface area contributed by atoms with Gasteiger partial charge >= 0.3 is 5.97 Å². The van der Waals surface area contributed by atoms with E-state index in [0.717, 1.165) is 11.1 Å². The molecule has 8 heteroatoms. The van der Waals surface area contributed by atoms with Crippen LogP contribution in [0, 0.1) is 0 Å². The molecule has 32 heavy (non-hydrogen) atoms. The molecule has 0 aliphatic carbocycles. The van der Waals surface area contributed by atoms with Gasteiger partial charge in [0, 0.05) is 11.8 Å². The van der Waals surface area contributed by atoms with Crippen molar-refractivity contribution in [2.45, 2.75) is 20.3 Å². The van der Waals surface area contributed by atoms with Gasteiger partial charge in [0.15, 0.2) is 11.5 Å². The lowest BCUT2D eigenvalue weighted by molar-refractivity contribution is -0.141. The summed E-state index contributed by atoms with van der Waals surface area (Å²) in [5, 5.41) is 5.24. The molecule has 0 unspecified atom stereocenters. The van der Waals surface area contributed by atoms with Crippen LogP contribution in [0.4, 0.5) is 5.69 Å². The second kappa shape index (κ2) is 12.8. The van der Waals surface area contributed by atoms with E-state index in [1.165, 1.54) is 13.2 Å². The number of carbonyl (C=O) groups is 3. The first-order chi connectivity index (χ1) is 15.4. The van der Waals surface area contributed by atoms with Crippen molar-refractivity contribution in [2.24, 2.45) is 0 Å². The Morgan fingerprint density at radius 3 is 2.28 bits per heavy atom. The zero-order valence-electron chi connectivity index (χ0n) is 18.5. The third kappa shape index (κ3) is 8.14. The van der Waals surface area contributed by atoms with E-state index in [-0.39, 0.29) is 24.8 Å². The number of methoxy groups -OCH3 is 1. The van der Waals surface area contributed by atoms with Crippen LogP contribution in [0.5, 0.6) is 11.5 Å². The van der Waals surface area contributed by atoms with E-state index in [9.17, 15) is 14.4 Å². The molecule has 0 aliphatic heterocycles. The summed E-state index contributed by atoms with van der Waals surface area (Å²) in [7, 11) is 1.26. The molecule has 0 atom stereocenters. The fraction of sp³-hybridized carbons (Fsp3) is 0.292. The minimum Gasteiger partial charge on any atom is -0.490 e. The van der Waals surface area contributed by atoms with Crippen LogP contribution in [0.15, 0.2) is 48.5 Å². The Hall–Kier alpha value is -3.81. The first-order valence-corrected chi connectivity index (χ1v) is 10.3. The van der Waals surface area contributed by atoms with Crippen molar-refractivity contribution in [3.8, 4) is 11.5 Å². The lowest BCUT2D eigenvalue weighted by Gasteiger charge is -2.11. The zero-order chi connectivity index (χ0) is 23.3. The van der Waals surface area contributed by atoms with Crippen LogP contribution < -0.4 is 20.1 Å². The van der Waals surface area contributed by atoms with Crippen molar-refractivity contribution in [1.29, 1.82) is 0 Å². The third-order valence-corrected chi connectivity index (χ3v) is 4.24. The number of rotatable bonds is 11. The maximum absolute atomic E-state index is 12.2. The maximum Gasteiger partial charge on any atom is 0.325 e. The number of ether oxygens (including phenoxy) is 3. The molecule has 0 spiro atoms. The van der Waals surface area contributed by atoms with Gasteiger partial charge in [0.25, 0.3) is 0 Å². The van der Waals surface area contributed by atoms with Gasteiger partial charge in [-0.05, 0) is 55.3 Å². The van der Waals surface area contributed by atoms with E-state index in [4.69, 9.17) is 9.47 Å². The Kier molecular flexibility index (Phi) is 9.77. The average molecular weight is 440 g/mol. The molecule has 0 saturated heterocycles. The highest BCUT2D eigenvalue weighted by molar-refractivity contribution is 6.02. The normalized spacial score (nSPS) is 10.5. The monoisotopic (exact) mass is 440 g/mol. The average Bonchev–Trinajstić information content (AvgIpc) is 2.79. The van der Waals surface area contributed by atoms with Crippen molar-refractivity contribution >= 4 is 29.5 Å². The number of amides is 2. The Labute approximate surface area is 187 Å². The van der Waals surface area contributed by atoms with Crippen LogP contribution in [0.3, 0.4) is 0 Å². The summed E-state index contributed by atoms with van der Waals surface area (Å²) in [4.78, 5) is 35.1. The first kappa shape index (κ1) is 24.5. The lowest BCUT2D eigenvalue weighted by atomic mass is 10.1. The van der Waals surface area contributed by atoms with Crippen LogP contribution in [0.25, 0.3) is 6.08 Å². The molecule has 0 saturated carbocycles. The van der Waals surface area contributed by atoms with Crippen LogP contribution in [-0.2, 0) is 25.5 Å². The Morgan fingerprint density at radius 1 is 0.938 bits per heavy atom. The fourth-order valence-corrected chi connectivity index (χ4v) is 2.72. The molecule has 0 aliphatic rings. The summed E-state index contributed by atoms with van der Waals surface area (Å²) in [5.41, 5.74) is 2.15. The summed E-state index contributed by atoms with van der Waals surface area (Å²) in [6.07, 6.45) is 3.23. The molecule has 0 fully saturated rings. The van der Waals surface area contributed by atoms with Gasteiger partial charge in [-0.15, -0.1) is 0 Å². The van der Waals surface area contributed by atoms with Crippen molar-refractivity contribution in [3.05, 3.63) is 59.7 Å². The number of carbonyl (C=O) groups excluding carboxylic acids is 3. The van der Waals surface area contributed by atoms with Gasteiger partial charge in [0.05, 0.1) is 26.7 Å². The van der Waals surface area contributed by atoms with Crippen molar-refractivity contribution < 1.29 is 28.6 Å². The van der Waals surface area contributed by atoms with Gasteiger partial charge in [-0.3, -0.25) is 14.4 Å². The van der Waals surface area contributed by atoms with E-state index in [0.29, 0.717) is 30.4 Å². The predicted octanol–water partition coefficient (Wildman–Crippen LogP) is 2.97. The molecule has 8 nitrogen and oxygen atoms in total. The van der Waals surface area contributed by atoms with Crippen LogP contribution in [0.1, 0.15) is 25.0 Å². The Morgan fingerprint density at radius 2 is 1.62 bits per heavy atom. The van der Waals surface area contributed by atoms with E-state index < -0.39 is 5.97 Å². The fourth-order valence-electron chi connectivity index (χ4n) is 2.72. The molecule has 170 valence electrons.